The highest BCUT2D eigenvalue weighted by atomic mass is 35.5. The van der Waals surface area contributed by atoms with E-state index in [0.717, 1.165) is 11.6 Å². The van der Waals surface area contributed by atoms with E-state index in [9.17, 15) is 8.78 Å². The first-order valence-electron chi connectivity index (χ1n) is 7.01. The van der Waals surface area contributed by atoms with Gasteiger partial charge in [-0.25, -0.2) is 8.78 Å². The molecule has 0 aliphatic rings. The second-order valence-electron chi connectivity index (χ2n) is 5.02. The van der Waals surface area contributed by atoms with Gasteiger partial charge in [0.15, 0.2) is 0 Å². The van der Waals surface area contributed by atoms with Crippen LogP contribution in [0.2, 0.25) is 10.0 Å². The third kappa shape index (κ3) is 3.89. The standard InChI is InChI=1S/C18H11Cl2F2NS/c19-12-3-6-15(20)17(8-12)24-18(11-2-1-7-23-10-11)14-5-4-13(21)9-16(14)22/h1-10,18H. The molecule has 0 fully saturated rings. The molecule has 1 nitrogen and oxygen atoms in total. The smallest absolute Gasteiger partial charge is 0.130 e. The Kier molecular flexibility index (Phi) is 5.39. The Morgan fingerprint density at radius 1 is 1.00 bits per heavy atom. The van der Waals surface area contributed by atoms with Crippen molar-refractivity contribution in [2.24, 2.45) is 0 Å². The van der Waals surface area contributed by atoms with E-state index in [-0.39, 0.29) is 0 Å². The van der Waals surface area contributed by atoms with Crippen molar-refractivity contribution in [2.75, 3.05) is 0 Å². The van der Waals surface area contributed by atoms with Crippen LogP contribution >= 0.6 is 35.0 Å². The first-order valence-corrected chi connectivity index (χ1v) is 8.65. The SMILES string of the molecule is Fc1ccc(C(Sc2cc(Cl)ccc2Cl)c2cccnc2)c(F)c1. The molecular weight excluding hydrogens is 371 g/mol. The zero-order valence-electron chi connectivity index (χ0n) is 12.2. The Hall–Kier alpha value is -1.62. The zero-order valence-corrected chi connectivity index (χ0v) is 14.5. The summed E-state index contributed by atoms with van der Waals surface area (Å²) in [6, 6.07) is 12.3. The van der Waals surface area contributed by atoms with Gasteiger partial charge < -0.3 is 0 Å². The minimum absolute atomic E-state index is 0.352. The number of nitrogens with zero attached hydrogens (tertiary/aromatic N) is 1. The van der Waals surface area contributed by atoms with Crippen molar-refractivity contribution in [1.82, 2.24) is 4.98 Å². The van der Waals surface area contributed by atoms with Gasteiger partial charge in [-0.2, -0.15) is 0 Å². The van der Waals surface area contributed by atoms with E-state index in [1.54, 1.807) is 36.7 Å². The van der Waals surface area contributed by atoms with Gasteiger partial charge in [0.25, 0.3) is 0 Å². The monoisotopic (exact) mass is 381 g/mol. The summed E-state index contributed by atoms with van der Waals surface area (Å²) >= 11 is 13.6. The van der Waals surface area contributed by atoms with Gasteiger partial charge in [0.1, 0.15) is 11.6 Å². The molecule has 0 saturated carbocycles. The van der Waals surface area contributed by atoms with Gasteiger partial charge in [0.2, 0.25) is 0 Å². The van der Waals surface area contributed by atoms with E-state index < -0.39 is 16.9 Å². The third-order valence-corrected chi connectivity index (χ3v) is 5.40. The largest absolute Gasteiger partial charge is 0.264 e. The Morgan fingerprint density at radius 2 is 1.83 bits per heavy atom. The second kappa shape index (κ2) is 7.51. The highest BCUT2D eigenvalue weighted by Crippen LogP contribution is 2.44. The van der Waals surface area contributed by atoms with Crippen molar-refractivity contribution in [3.8, 4) is 0 Å². The van der Waals surface area contributed by atoms with Crippen molar-refractivity contribution in [3.05, 3.63) is 93.7 Å². The van der Waals surface area contributed by atoms with E-state index in [2.05, 4.69) is 4.98 Å². The average Bonchev–Trinajstić information content (AvgIpc) is 2.57. The van der Waals surface area contributed by atoms with Crippen LogP contribution in [-0.4, -0.2) is 4.98 Å². The van der Waals surface area contributed by atoms with Crippen LogP contribution in [0.1, 0.15) is 16.4 Å². The molecule has 6 heteroatoms. The summed E-state index contributed by atoms with van der Waals surface area (Å²) in [6.07, 6.45) is 3.29. The molecule has 1 unspecified atom stereocenters. The molecule has 0 aliphatic carbocycles. The summed E-state index contributed by atoms with van der Waals surface area (Å²) in [4.78, 5) is 4.80. The molecule has 122 valence electrons. The number of hydrogen-bond donors (Lipinski definition) is 0. The number of rotatable bonds is 4. The Balaban J connectivity index is 2.07. The van der Waals surface area contributed by atoms with E-state index in [4.69, 9.17) is 23.2 Å². The Bertz CT molecular complexity index is 859. The fourth-order valence-electron chi connectivity index (χ4n) is 2.25. The van der Waals surface area contributed by atoms with Gasteiger partial charge >= 0.3 is 0 Å². The number of aromatic nitrogens is 1. The van der Waals surface area contributed by atoms with Gasteiger partial charge in [-0.3, -0.25) is 4.98 Å². The predicted octanol–water partition coefficient (Wildman–Crippen LogP) is 6.55. The van der Waals surface area contributed by atoms with Crippen molar-refractivity contribution >= 4 is 35.0 Å². The maximum absolute atomic E-state index is 14.3. The molecule has 3 rings (SSSR count). The Morgan fingerprint density at radius 3 is 2.54 bits per heavy atom. The summed E-state index contributed by atoms with van der Waals surface area (Å²) in [5.74, 6) is -1.23. The number of pyridine rings is 1. The summed E-state index contributed by atoms with van der Waals surface area (Å²) in [5, 5.41) is 0.613. The zero-order chi connectivity index (χ0) is 17.1. The van der Waals surface area contributed by atoms with Gasteiger partial charge in [-0.05, 0) is 35.9 Å². The van der Waals surface area contributed by atoms with E-state index in [1.165, 1.54) is 23.9 Å². The normalized spacial score (nSPS) is 12.2. The lowest BCUT2D eigenvalue weighted by Gasteiger charge is -2.19. The number of hydrogen-bond acceptors (Lipinski definition) is 2. The van der Waals surface area contributed by atoms with Crippen molar-refractivity contribution < 1.29 is 8.78 Å². The predicted molar refractivity (Wildman–Crippen MR) is 94.8 cm³/mol. The second-order valence-corrected chi connectivity index (χ2v) is 7.02. The van der Waals surface area contributed by atoms with Gasteiger partial charge in [-0.1, -0.05) is 35.3 Å². The van der Waals surface area contributed by atoms with Crippen LogP contribution in [0.4, 0.5) is 8.78 Å². The highest BCUT2D eigenvalue weighted by Gasteiger charge is 2.21. The lowest BCUT2D eigenvalue weighted by molar-refractivity contribution is 0.574. The Labute approximate surface area is 152 Å². The van der Waals surface area contributed by atoms with Crippen molar-refractivity contribution in [2.45, 2.75) is 10.1 Å². The van der Waals surface area contributed by atoms with Gasteiger partial charge in [0.05, 0.1) is 10.3 Å². The van der Waals surface area contributed by atoms with E-state index in [1.807, 2.05) is 6.07 Å². The van der Waals surface area contributed by atoms with Crippen LogP contribution in [0.25, 0.3) is 0 Å². The topological polar surface area (TPSA) is 12.9 Å². The summed E-state index contributed by atoms with van der Waals surface area (Å²) in [6.45, 7) is 0. The molecule has 0 amide bonds. The molecule has 1 heterocycles. The molecule has 1 aromatic heterocycles. The minimum Gasteiger partial charge on any atom is -0.264 e. The maximum atomic E-state index is 14.3. The maximum Gasteiger partial charge on any atom is 0.130 e. The molecule has 24 heavy (non-hydrogen) atoms. The van der Waals surface area contributed by atoms with E-state index >= 15 is 0 Å². The molecule has 3 aromatic rings. The van der Waals surface area contributed by atoms with Gasteiger partial charge in [-0.15, -0.1) is 11.8 Å². The molecule has 1 atom stereocenters. The minimum atomic E-state index is -0.619. The first-order chi connectivity index (χ1) is 11.5. The molecule has 2 aromatic carbocycles. The summed E-state index contributed by atoms with van der Waals surface area (Å²) in [7, 11) is 0. The molecule has 0 radical (unpaired) electrons. The quantitative estimate of drug-likeness (QED) is 0.475. The number of benzene rings is 2. The van der Waals surface area contributed by atoms with Crippen LogP contribution in [0.5, 0.6) is 0 Å². The molecule has 0 saturated heterocycles. The lowest BCUT2D eigenvalue weighted by atomic mass is 10.1. The lowest BCUT2D eigenvalue weighted by Crippen LogP contribution is -2.01. The van der Waals surface area contributed by atoms with Crippen molar-refractivity contribution in [3.63, 3.8) is 0 Å². The molecule has 0 aliphatic heterocycles. The molecule has 0 bridgehead atoms. The van der Waals surface area contributed by atoms with Gasteiger partial charge in [0, 0.05) is 33.9 Å². The van der Waals surface area contributed by atoms with Crippen LogP contribution in [0, 0.1) is 11.6 Å². The van der Waals surface area contributed by atoms with Crippen LogP contribution in [-0.2, 0) is 0 Å². The fourth-order valence-corrected chi connectivity index (χ4v) is 3.96. The summed E-state index contributed by atoms with van der Waals surface area (Å²) < 4.78 is 27.6. The number of halogens is 4. The number of thioether (sulfide) groups is 1. The summed E-state index contributed by atoms with van der Waals surface area (Å²) in [5.41, 5.74) is 1.13. The van der Waals surface area contributed by atoms with Crippen LogP contribution in [0.15, 0.2) is 65.8 Å². The van der Waals surface area contributed by atoms with Crippen LogP contribution in [0.3, 0.4) is 0 Å². The third-order valence-electron chi connectivity index (χ3n) is 3.37. The average molecular weight is 382 g/mol. The van der Waals surface area contributed by atoms with Crippen LogP contribution < -0.4 is 0 Å². The fraction of sp³-hybridized carbons (Fsp3) is 0.0556. The molecule has 0 N–H and O–H groups in total. The highest BCUT2D eigenvalue weighted by molar-refractivity contribution is 7.99. The first kappa shape index (κ1) is 17.2. The van der Waals surface area contributed by atoms with E-state index in [0.29, 0.717) is 20.5 Å². The molecule has 0 spiro atoms. The van der Waals surface area contributed by atoms with Crippen molar-refractivity contribution in [1.29, 1.82) is 0 Å². The molecular formula is C18H11Cl2F2NS.